The van der Waals surface area contributed by atoms with Gasteiger partial charge in [0.15, 0.2) is 11.5 Å². The first kappa shape index (κ1) is 36.5. The van der Waals surface area contributed by atoms with Crippen LogP contribution >= 0.6 is 0 Å². The number of ether oxygens (including phenoxy) is 7. The molecule has 2 N–H and O–H groups in total. The van der Waals surface area contributed by atoms with Crippen molar-refractivity contribution in [3.8, 4) is 11.5 Å². The van der Waals surface area contributed by atoms with E-state index < -0.39 is 42.2 Å². The fourth-order valence-electron chi connectivity index (χ4n) is 3.50. The lowest BCUT2D eigenvalue weighted by Gasteiger charge is -2.23. The Morgan fingerprint density at radius 2 is 1.33 bits per heavy atom. The van der Waals surface area contributed by atoms with Gasteiger partial charge in [-0.3, -0.25) is 4.79 Å². The third kappa shape index (κ3) is 14.4. The Labute approximate surface area is 248 Å². The first-order valence-corrected chi connectivity index (χ1v) is 14.4. The van der Waals surface area contributed by atoms with E-state index in [4.69, 9.17) is 38.9 Å². The molecule has 0 bridgehead atoms. The normalized spacial score (nSPS) is 14.0. The van der Waals surface area contributed by atoms with Crippen LogP contribution in [0, 0.1) is 0 Å². The second kappa shape index (κ2) is 18.1. The van der Waals surface area contributed by atoms with Gasteiger partial charge in [-0.2, -0.15) is 0 Å². The number of nitrogens with two attached hydrogens (primary N) is 1. The molecule has 0 saturated heterocycles. The molecule has 0 amide bonds. The number of hydrogen-bond acceptors (Lipinski definition) is 12. The highest BCUT2D eigenvalue weighted by atomic mass is 16.8. The Morgan fingerprint density at radius 1 is 0.786 bits per heavy atom. The lowest BCUT2D eigenvalue weighted by atomic mass is 10.1. The molecule has 2 unspecified atom stereocenters. The molecule has 1 aromatic rings. The topological polar surface area (TPSA) is 159 Å². The summed E-state index contributed by atoms with van der Waals surface area (Å²) in [5.74, 6) is -0.929. The molecule has 42 heavy (non-hydrogen) atoms. The number of carbonyl (C=O) groups excluding carboxylic acids is 4. The van der Waals surface area contributed by atoms with E-state index in [0.29, 0.717) is 24.8 Å². The van der Waals surface area contributed by atoms with Gasteiger partial charge in [0.25, 0.3) is 0 Å². The van der Waals surface area contributed by atoms with Gasteiger partial charge in [0.05, 0.1) is 0 Å². The van der Waals surface area contributed by atoms with Crippen LogP contribution in [0.4, 0.5) is 14.4 Å². The van der Waals surface area contributed by atoms with Crippen LogP contribution in [0.5, 0.6) is 11.5 Å². The van der Waals surface area contributed by atoms with Crippen LogP contribution in [-0.4, -0.2) is 61.0 Å². The van der Waals surface area contributed by atoms with Crippen LogP contribution in [0.15, 0.2) is 18.2 Å². The van der Waals surface area contributed by atoms with Crippen LogP contribution in [-0.2, 0) is 34.9 Å². The third-order valence-electron chi connectivity index (χ3n) is 6.10. The summed E-state index contributed by atoms with van der Waals surface area (Å²) in [6, 6.07) is 3.27. The highest BCUT2D eigenvalue weighted by Crippen LogP contribution is 2.30. The average Bonchev–Trinajstić information content (AvgIpc) is 2.88. The summed E-state index contributed by atoms with van der Waals surface area (Å²) in [6.07, 6.45) is -0.830. The molecular weight excluding hydrogens is 550 g/mol. The second-order valence-electron chi connectivity index (χ2n) is 10.8. The number of rotatable bonds is 16. The van der Waals surface area contributed by atoms with Crippen molar-refractivity contribution in [1.82, 2.24) is 0 Å². The van der Waals surface area contributed by atoms with E-state index in [2.05, 4.69) is 0 Å². The molecule has 0 aliphatic rings. The Balaban J connectivity index is 2.90. The predicted molar refractivity (Wildman–Crippen MR) is 153 cm³/mol. The third-order valence-corrected chi connectivity index (χ3v) is 6.10. The number of carbonyl (C=O) groups is 4. The standard InChI is InChI=1S/C30H47NO11/c1-9-12-19(4)38-28(34)40-24-15-14-22(17-25(24)41-29(35)39-20(5)13-10-2)16-23(31)26(32)37-21(6)18-36-27(33)42-30(7,8)11-3/h14-15,17,19-21,23H,9-13,16,18,31H2,1-8H3/t19?,20?,21-,23-/m0/s1. The van der Waals surface area contributed by atoms with Crippen LogP contribution in [0.2, 0.25) is 0 Å². The van der Waals surface area contributed by atoms with Crippen molar-refractivity contribution >= 4 is 24.4 Å². The quantitative estimate of drug-likeness (QED) is 0.130. The van der Waals surface area contributed by atoms with Gasteiger partial charge in [0.1, 0.15) is 36.6 Å². The molecule has 12 nitrogen and oxygen atoms in total. The zero-order valence-electron chi connectivity index (χ0n) is 26.1. The van der Waals surface area contributed by atoms with E-state index in [0.717, 1.165) is 12.8 Å². The summed E-state index contributed by atoms with van der Waals surface area (Å²) in [6.45, 7) is 14.1. The minimum Gasteiger partial charge on any atom is -0.458 e. The maximum absolute atomic E-state index is 12.6. The summed E-state index contributed by atoms with van der Waals surface area (Å²) in [4.78, 5) is 49.1. The lowest BCUT2D eigenvalue weighted by Crippen LogP contribution is -2.37. The van der Waals surface area contributed by atoms with E-state index in [-0.39, 0.29) is 36.7 Å². The fourth-order valence-corrected chi connectivity index (χ4v) is 3.50. The Hall–Kier alpha value is -3.54. The molecule has 0 saturated carbocycles. The smallest absolute Gasteiger partial charge is 0.458 e. The molecule has 1 aromatic carbocycles. The van der Waals surface area contributed by atoms with Gasteiger partial charge < -0.3 is 38.9 Å². The highest BCUT2D eigenvalue weighted by molar-refractivity contribution is 5.76. The molecule has 1 rings (SSSR count). The molecule has 0 aliphatic heterocycles. The van der Waals surface area contributed by atoms with E-state index in [1.165, 1.54) is 12.1 Å². The molecule has 4 atom stereocenters. The molecule has 0 spiro atoms. The van der Waals surface area contributed by atoms with E-state index in [1.54, 1.807) is 40.7 Å². The van der Waals surface area contributed by atoms with Crippen molar-refractivity contribution in [1.29, 1.82) is 0 Å². The SMILES string of the molecule is CCCC(C)OC(=O)Oc1ccc(C[C@H](N)C(=O)O[C@@H](C)COC(=O)OC(C)(C)CC)cc1OC(=O)OC(C)CCC. The molecule has 0 aliphatic carbocycles. The van der Waals surface area contributed by atoms with Crippen LogP contribution in [0.3, 0.4) is 0 Å². The van der Waals surface area contributed by atoms with Crippen molar-refractivity contribution < 1.29 is 52.3 Å². The largest absolute Gasteiger partial charge is 0.514 e. The number of hydrogen-bond donors (Lipinski definition) is 1. The summed E-state index contributed by atoms with van der Waals surface area (Å²) < 4.78 is 36.6. The van der Waals surface area contributed by atoms with Crippen LogP contribution in [0.1, 0.15) is 93.1 Å². The summed E-state index contributed by atoms with van der Waals surface area (Å²) in [5, 5.41) is 0. The molecule has 0 heterocycles. The van der Waals surface area contributed by atoms with Gasteiger partial charge in [-0.25, -0.2) is 14.4 Å². The zero-order chi connectivity index (χ0) is 31.9. The zero-order valence-corrected chi connectivity index (χ0v) is 26.1. The maximum atomic E-state index is 12.6. The molecule has 0 radical (unpaired) electrons. The predicted octanol–water partition coefficient (Wildman–Crippen LogP) is 6.24. The Morgan fingerprint density at radius 3 is 1.86 bits per heavy atom. The first-order chi connectivity index (χ1) is 19.7. The van der Waals surface area contributed by atoms with E-state index in [1.807, 2.05) is 20.8 Å². The monoisotopic (exact) mass is 597 g/mol. The second-order valence-corrected chi connectivity index (χ2v) is 10.8. The Bertz CT molecular complexity index is 1030. The average molecular weight is 598 g/mol. The fraction of sp³-hybridized carbons (Fsp3) is 0.667. The minimum atomic E-state index is -1.10. The molecular formula is C30H47NO11. The first-order valence-electron chi connectivity index (χ1n) is 14.4. The highest BCUT2D eigenvalue weighted by Gasteiger charge is 2.25. The summed E-state index contributed by atoms with van der Waals surface area (Å²) in [7, 11) is 0. The van der Waals surface area contributed by atoms with Crippen LogP contribution in [0.25, 0.3) is 0 Å². The maximum Gasteiger partial charge on any atom is 0.514 e. The van der Waals surface area contributed by atoms with Crippen LogP contribution < -0.4 is 15.2 Å². The lowest BCUT2D eigenvalue weighted by molar-refractivity contribution is -0.152. The van der Waals surface area contributed by atoms with Gasteiger partial charge >= 0.3 is 24.4 Å². The van der Waals surface area contributed by atoms with Crippen molar-refractivity contribution in [3.63, 3.8) is 0 Å². The van der Waals surface area contributed by atoms with Gasteiger partial charge in [-0.15, -0.1) is 0 Å². The molecule has 238 valence electrons. The van der Waals surface area contributed by atoms with Crippen molar-refractivity contribution in [2.45, 2.75) is 124 Å². The van der Waals surface area contributed by atoms with Gasteiger partial charge in [-0.05, 0) is 78.0 Å². The van der Waals surface area contributed by atoms with Crippen molar-refractivity contribution in [2.75, 3.05) is 6.61 Å². The number of benzene rings is 1. The van der Waals surface area contributed by atoms with Gasteiger partial charge in [0.2, 0.25) is 0 Å². The summed E-state index contributed by atoms with van der Waals surface area (Å²) in [5.41, 5.74) is 5.87. The number of esters is 1. The van der Waals surface area contributed by atoms with Gasteiger partial charge in [-0.1, -0.05) is 39.7 Å². The van der Waals surface area contributed by atoms with Crippen molar-refractivity contribution in [2.24, 2.45) is 5.73 Å². The van der Waals surface area contributed by atoms with E-state index >= 15 is 0 Å². The molecule has 12 heteroatoms. The van der Waals surface area contributed by atoms with Gasteiger partial charge in [0, 0.05) is 0 Å². The minimum absolute atomic E-state index is 0.00491. The molecule has 0 aromatic heterocycles. The van der Waals surface area contributed by atoms with E-state index in [9.17, 15) is 19.2 Å². The molecule has 0 fully saturated rings. The Kier molecular flexibility index (Phi) is 15.7. The van der Waals surface area contributed by atoms with Crippen molar-refractivity contribution in [3.05, 3.63) is 23.8 Å². The summed E-state index contributed by atoms with van der Waals surface area (Å²) >= 11 is 0.